The molecule has 0 aliphatic carbocycles. The van der Waals surface area contributed by atoms with Gasteiger partial charge in [0, 0.05) is 24.2 Å². The molecule has 0 radical (unpaired) electrons. The number of nitrogens with zero attached hydrogens (tertiary/aromatic N) is 2. The third kappa shape index (κ3) is 3.32. The molecule has 0 saturated carbocycles. The van der Waals surface area contributed by atoms with Gasteiger partial charge in [-0.15, -0.1) is 0 Å². The molecule has 1 unspecified atom stereocenters. The zero-order chi connectivity index (χ0) is 15.2. The van der Waals surface area contributed by atoms with Crippen molar-refractivity contribution in [3.63, 3.8) is 0 Å². The first-order chi connectivity index (χ1) is 9.85. The molecule has 4 fully saturated rings. The summed E-state index contributed by atoms with van der Waals surface area (Å²) < 4.78 is 0. The van der Waals surface area contributed by atoms with E-state index in [2.05, 4.69) is 44.7 Å². The lowest BCUT2D eigenvalue weighted by Gasteiger charge is -2.41. The van der Waals surface area contributed by atoms with Crippen LogP contribution >= 0.6 is 0 Å². The van der Waals surface area contributed by atoms with Crippen molar-refractivity contribution in [1.82, 2.24) is 9.80 Å². The zero-order valence-electron chi connectivity index (χ0n) is 14.9. The number of piperidine rings is 2. The molecule has 4 heterocycles. The van der Waals surface area contributed by atoms with E-state index in [1.807, 2.05) is 0 Å². The molecule has 0 aromatic carbocycles. The second-order valence-electron chi connectivity index (χ2n) is 9.25. The summed E-state index contributed by atoms with van der Waals surface area (Å²) in [4.78, 5) is 5.20. The Morgan fingerprint density at radius 1 is 0.714 bits per heavy atom. The van der Waals surface area contributed by atoms with Crippen molar-refractivity contribution in [2.45, 2.75) is 96.3 Å². The van der Waals surface area contributed by atoms with E-state index in [9.17, 15) is 0 Å². The Bertz CT molecular complexity index is 335. The van der Waals surface area contributed by atoms with Crippen molar-refractivity contribution in [3.8, 4) is 0 Å². The summed E-state index contributed by atoms with van der Waals surface area (Å²) in [5.74, 6) is 0.994. The monoisotopic (exact) mass is 292 g/mol. The molecule has 0 aromatic heterocycles. The molecule has 4 bridgehead atoms. The van der Waals surface area contributed by atoms with Crippen LogP contribution in [0.15, 0.2) is 0 Å². The lowest BCUT2D eigenvalue weighted by atomic mass is 9.79. The first-order valence-corrected chi connectivity index (χ1v) is 9.29. The van der Waals surface area contributed by atoms with Crippen LogP contribution in [0.1, 0.15) is 72.1 Å². The Hall–Kier alpha value is -0.0800. The molecule has 0 aromatic rings. The Morgan fingerprint density at radius 3 is 1.57 bits per heavy atom. The highest BCUT2D eigenvalue weighted by Gasteiger charge is 2.41. The van der Waals surface area contributed by atoms with Gasteiger partial charge in [0.1, 0.15) is 0 Å². The lowest BCUT2D eigenvalue weighted by molar-refractivity contribution is 0.0856. The van der Waals surface area contributed by atoms with Crippen molar-refractivity contribution in [2.24, 2.45) is 11.3 Å². The van der Waals surface area contributed by atoms with Gasteiger partial charge in [-0.3, -0.25) is 0 Å². The summed E-state index contributed by atoms with van der Waals surface area (Å²) in [7, 11) is 4.60. The smallest absolute Gasteiger partial charge is 0.0101 e. The third-order valence-corrected chi connectivity index (χ3v) is 6.90. The van der Waals surface area contributed by atoms with Gasteiger partial charge in [-0.2, -0.15) is 0 Å². The molecular formula is C19H36N2. The largest absolute Gasteiger partial charge is 0.300 e. The minimum absolute atomic E-state index is 0.623. The molecular weight excluding hydrogens is 256 g/mol. The van der Waals surface area contributed by atoms with Gasteiger partial charge in [0.15, 0.2) is 0 Å². The number of rotatable bonds is 0. The molecule has 4 saturated heterocycles. The van der Waals surface area contributed by atoms with Crippen LogP contribution in [0.2, 0.25) is 0 Å². The first kappa shape index (κ1) is 15.8. The molecule has 2 nitrogen and oxygen atoms in total. The van der Waals surface area contributed by atoms with E-state index in [1.54, 1.807) is 0 Å². The van der Waals surface area contributed by atoms with Crippen LogP contribution in [-0.4, -0.2) is 48.1 Å². The maximum absolute atomic E-state index is 2.60. The van der Waals surface area contributed by atoms with Gasteiger partial charge in [-0.25, -0.2) is 0 Å². The van der Waals surface area contributed by atoms with Gasteiger partial charge in [-0.1, -0.05) is 20.8 Å². The van der Waals surface area contributed by atoms with Gasteiger partial charge in [-0.05, 0) is 76.8 Å². The number of hydrogen-bond acceptors (Lipinski definition) is 2. The SMILES string of the molecule is CC1C[C@H]2CC[C@@H](C1)N2C.CN1[C@@H]2CC[C@H]1CC(C)(C)C2. The summed E-state index contributed by atoms with van der Waals surface area (Å²) in [5, 5.41) is 0. The van der Waals surface area contributed by atoms with Gasteiger partial charge >= 0.3 is 0 Å². The minimum atomic E-state index is 0.623. The molecule has 0 spiro atoms. The first-order valence-electron chi connectivity index (χ1n) is 9.29. The number of fused-ring (bicyclic) bond motifs is 4. The van der Waals surface area contributed by atoms with Crippen molar-refractivity contribution in [2.75, 3.05) is 14.1 Å². The molecule has 0 amide bonds. The molecule has 21 heavy (non-hydrogen) atoms. The predicted octanol–water partition coefficient (Wildman–Crippen LogP) is 4.15. The van der Waals surface area contributed by atoms with E-state index in [0.29, 0.717) is 5.41 Å². The normalized spacial score (nSPS) is 45.3. The number of hydrogen-bond donors (Lipinski definition) is 0. The van der Waals surface area contributed by atoms with Crippen molar-refractivity contribution in [3.05, 3.63) is 0 Å². The van der Waals surface area contributed by atoms with Gasteiger partial charge in [0.05, 0.1) is 0 Å². The molecule has 0 N–H and O–H groups in total. The third-order valence-electron chi connectivity index (χ3n) is 6.90. The maximum atomic E-state index is 2.60. The van der Waals surface area contributed by atoms with Crippen LogP contribution in [0.3, 0.4) is 0 Å². The summed E-state index contributed by atoms with van der Waals surface area (Å²) >= 11 is 0. The fraction of sp³-hybridized carbons (Fsp3) is 1.00. The molecule has 4 aliphatic rings. The Labute approximate surface area is 132 Å². The van der Waals surface area contributed by atoms with Crippen molar-refractivity contribution >= 4 is 0 Å². The molecule has 4 aliphatic heterocycles. The average molecular weight is 293 g/mol. The summed E-state index contributed by atoms with van der Waals surface area (Å²) in [5.41, 5.74) is 0.623. The van der Waals surface area contributed by atoms with Gasteiger partial charge < -0.3 is 9.80 Å². The standard InChI is InChI=1S/C10H19N.C9H17N/c1-10(2)6-8-4-5-9(7-10)11(8)3;1-7-5-8-3-4-9(6-7)10(8)2/h8-9H,4-7H2,1-3H3;7-9H,3-6H2,1-2H3/t8-,9+;7?,8-,9+. The van der Waals surface area contributed by atoms with E-state index in [0.717, 1.165) is 30.1 Å². The average Bonchev–Trinajstić information content (AvgIpc) is 2.75. The maximum Gasteiger partial charge on any atom is 0.0101 e. The Morgan fingerprint density at radius 2 is 1.10 bits per heavy atom. The minimum Gasteiger partial charge on any atom is -0.300 e. The summed E-state index contributed by atoms with van der Waals surface area (Å²) in [6, 6.07) is 3.69. The van der Waals surface area contributed by atoms with E-state index in [1.165, 1.54) is 51.4 Å². The topological polar surface area (TPSA) is 6.48 Å². The molecule has 5 atom stereocenters. The highest BCUT2D eigenvalue weighted by Crippen LogP contribution is 2.43. The fourth-order valence-corrected chi connectivity index (χ4v) is 5.62. The summed E-state index contributed by atoms with van der Waals surface area (Å²) in [6.45, 7) is 7.24. The predicted molar refractivity (Wildman–Crippen MR) is 90.6 cm³/mol. The lowest BCUT2D eigenvalue weighted by Crippen LogP contribution is -2.43. The van der Waals surface area contributed by atoms with Gasteiger partial charge in [0.25, 0.3) is 0 Å². The van der Waals surface area contributed by atoms with E-state index >= 15 is 0 Å². The quantitative estimate of drug-likeness (QED) is 0.662. The van der Waals surface area contributed by atoms with E-state index < -0.39 is 0 Å². The van der Waals surface area contributed by atoms with Crippen LogP contribution in [0.5, 0.6) is 0 Å². The summed E-state index contributed by atoms with van der Waals surface area (Å²) in [6.07, 6.45) is 11.6. The van der Waals surface area contributed by atoms with Crippen molar-refractivity contribution in [1.29, 1.82) is 0 Å². The second-order valence-corrected chi connectivity index (χ2v) is 9.25. The van der Waals surface area contributed by atoms with Crippen LogP contribution < -0.4 is 0 Å². The van der Waals surface area contributed by atoms with Crippen LogP contribution in [0.4, 0.5) is 0 Å². The van der Waals surface area contributed by atoms with Crippen molar-refractivity contribution < 1.29 is 0 Å². The van der Waals surface area contributed by atoms with Crippen LogP contribution in [-0.2, 0) is 0 Å². The fourth-order valence-electron chi connectivity index (χ4n) is 5.62. The van der Waals surface area contributed by atoms with Gasteiger partial charge in [0.2, 0.25) is 0 Å². The Balaban J connectivity index is 0.000000126. The molecule has 122 valence electrons. The molecule has 4 rings (SSSR count). The highest BCUT2D eigenvalue weighted by molar-refractivity contribution is 4.96. The van der Waals surface area contributed by atoms with E-state index in [4.69, 9.17) is 0 Å². The van der Waals surface area contributed by atoms with Crippen LogP contribution in [0.25, 0.3) is 0 Å². The van der Waals surface area contributed by atoms with Crippen LogP contribution in [0, 0.1) is 11.3 Å². The molecule has 2 heteroatoms. The zero-order valence-corrected chi connectivity index (χ0v) is 14.9. The highest BCUT2D eigenvalue weighted by atomic mass is 15.2. The second kappa shape index (κ2) is 5.85. The van der Waals surface area contributed by atoms with E-state index in [-0.39, 0.29) is 0 Å². The Kier molecular flexibility index (Phi) is 4.40.